The van der Waals surface area contributed by atoms with Gasteiger partial charge in [-0.15, -0.1) is 6.42 Å². The lowest BCUT2D eigenvalue weighted by atomic mass is 10.1. The maximum absolute atomic E-state index is 14.4. The van der Waals surface area contributed by atoms with Crippen molar-refractivity contribution in [3.63, 3.8) is 0 Å². The average molecular weight is 341 g/mol. The van der Waals surface area contributed by atoms with E-state index < -0.39 is 5.82 Å². The minimum absolute atomic E-state index is 0.101. The molecule has 0 aliphatic carbocycles. The number of nitrogens with zero attached hydrogens (tertiary/aromatic N) is 1. The molecule has 130 valence electrons. The molecule has 6 heteroatoms. The molecule has 3 rings (SSSR count). The van der Waals surface area contributed by atoms with E-state index in [1.807, 2.05) is 0 Å². The summed E-state index contributed by atoms with van der Waals surface area (Å²) in [7, 11) is 1.50. The second-order valence-electron chi connectivity index (χ2n) is 5.26. The zero-order valence-electron chi connectivity index (χ0n) is 14.0. The molecule has 0 radical (unpaired) electrons. The molecule has 0 bridgehead atoms. The molecule has 2 heterocycles. The van der Waals surface area contributed by atoms with Crippen LogP contribution in [0.15, 0.2) is 30.3 Å². The number of aromatic nitrogens is 1. The van der Waals surface area contributed by atoms with Gasteiger partial charge in [-0.05, 0) is 25.6 Å². The molecule has 1 aliphatic rings. The van der Waals surface area contributed by atoms with Crippen LogP contribution >= 0.6 is 0 Å². The maximum Gasteiger partial charge on any atom is 0.170 e. The van der Waals surface area contributed by atoms with Gasteiger partial charge in [-0.2, -0.15) is 0 Å². The summed E-state index contributed by atoms with van der Waals surface area (Å²) in [5.41, 5.74) is 6.29. The molecule has 2 aromatic rings. The van der Waals surface area contributed by atoms with E-state index in [1.54, 1.807) is 24.3 Å². The highest BCUT2D eigenvalue weighted by Gasteiger charge is 2.19. The predicted octanol–water partition coefficient (Wildman–Crippen LogP) is 2.46. The number of hydrogen-bond donors (Lipinski definition) is 2. The summed E-state index contributed by atoms with van der Waals surface area (Å²) in [5.74, 6) is 1.98. The highest BCUT2D eigenvalue weighted by molar-refractivity contribution is 5.83. The van der Waals surface area contributed by atoms with Gasteiger partial charge in [0.05, 0.1) is 11.8 Å². The van der Waals surface area contributed by atoms with Crippen molar-refractivity contribution < 1.29 is 13.9 Å². The SMILES string of the molecule is C#Cc1cccc(-c2nc(C=O)c(NCC3CCO3)cc2F)c1.CN. The van der Waals surface area contributed by atoms with Crippen molar-refractivity contribution >= 4 is 12.0 Å². The zero-order chi connectivity index (χ0) is 18.2. The Labute approximate surface area is 146 Å². The first-order chi connectivity index (χ1) is 12.2. The molecule has 0 saturated carbocycles. The molecule has 1 aliphatic heterocycles. The van der Waals surface area contributed by atoms with Gasteiger partial charge in [0.1, 0.15) is 11.4 Å². The van der Waals surface area contributed by atoms with E-state index in [0.717, 1.165) is 13.0 Å². The van der Waals surface area contributed by atoms with Gasteiger partial charge in [-0.1, -0.05) is 18.1 Å². The largest absolute Gasteiger partial charge is 0.381 e. The van der Waals surface area contributed by atoms with Crippen LogP contribution < -0.4 is 11.1 Å². The van der Waals surface area contributed by atoms with Crippen LogP contribution in [0.3, 0.4) is 0 Å². The fourth-order valence-corrected chi connectivity index (χ4v) is 2.36. The number of nitrogens with two attached hydrogens (primary N) is 1. The Bertz CT molecular complexity index is 783. The van der Waals surface area contributed by atoms with Gasteiger partial charge in [0.15, 0.2) is 12.1 Å². The third-order valence-electron chi connectivity index (χ3n) is 3.73. The van der Waals surface area contributed by atoms with Gasteiger partial charge >= 0.3 is 0 Å². The number of anilines is 1. The molecule has 1 aromatic carbocycles. The lowest BCUT2D eigenvalue weighted by molar-refractivity contribution is -0.0410. The topological polar surface area (TPSA) is 77.2 Å². The fraction of sp³-hybridized carbons (Fsp3) is 0.263. The van der Waals surface area contributed by atoms with E-state index in [9.17, 15) is 9.18 Å². The standard InChI is InChI=1S/C18H15FN2O2.CH5N/c1-2-12-4-3-5-13(8-12)18-15(19)9-16(17(11-22)21-18)20-10-14-6-7-23-14;1-2/h1,3-5,8-9,11,14,20H,6-7,10H2;2H2,1H3. The van der Waals surface area contributed by atoms with E-state index in [-0.39, 0.29) is 17.5 Å². The molecule has 1 saturated heterocycles. The highest BCUT2D eigenvalue weighted by Crippen LogP contribution is 2.26. The Balaban J connectivity index is 0.00000109. The molecule has 25 heavy (non-hydrogen) atoms. The van der Waals surface area contributed by atoms with Crippen LogP contribution in [0.5, 0.6) is 0 Å². The summed E-state index contributed by atoms with van der Waals surface area (Å²) in [4.78, 5) is 15.4. The van der Waals surface area contributed by atoms with Crippen molar-refractivity contribution in [3.05, 3.63) is 47.4 Å². The molecular weight excluding hydrogens is 321 g/mol. The molecule has 1 atom stereocenters. The van der Waals surface area contributed by atoms with Crippen molar-refractivity contribution in [1.29, 1.82) is 0 Å². The van der Waals surface area contributed by atoms with E-state index in [4.69, 9.17) is 11.2 Å². The quantitative estimate of drug-likeness (QED) is 0.645. The second kappa shape index (κ2) is 8.92. The summed E-state index contributed by atoms with van der Waals surface area (Å²) in [6.07, 6.45) is 7.02. The van der Waals surface area contributed by atoms with Gasteiger partial charge in [0, 0.05) is 30.3 Å². The summed E-state index contributed by atoms with van der Waals surface area (Å²) in [6, 6.07) is 8.13. The number of nitrogens with one attached hydrogen (secondary N) is 1. The first-order valence-corrected chi connectivity index (χ1v) is 7.87. The Morgan fingerprint density at radius 1 is 1.48 bits per heavy atom. The van der Waals surface area contributed by atoms with E-state index in [1.165, 1.54) is 13.1 Å². The Kier molecular flexibility index (Phi) is 6.63. The Morgan fingerprint density at radius 3 is 2.84 bits per heavy atom. The summed E-state index contributed by atoms with van der Waals surface area (Å²) >= 11 is 0. The first-order valence-electron chi connectivity index (χ1n) is 7.87. The van der Waals surface area contributed by atoms with Crippen molar-refractivity contribution in [2.24, 2.45) is 5.73 Å². The van der Waals surface area contributed by atoms with E-state index in [0.29, 0.717) is 29.6 Å². The van der Waals surface area contributed by atoms with Crippen LogP contribution in [-0.2, 0) is 4.74 Å². The molecule has 5 nitrogen and oxygen atoms in total. The fourth-order valence-electron chi connectivity index (χ4n) is 2.36. The Hall–Kier alpha value is -2.75. The van der Waals surface area contributed by atoms with Gasteiger partial charge in [-0.3, -0.25) is 4.79 Å². The number of ether oxygens (including phenoxy) is 1. The van der Waals surface area contributed by atoms with Gasteiger partial charge in [0.2, 0.25) is 0 Å². The molecule has 1 unspecified atom stereocenters. The number of benzene rings is 1. The van der Waals surface area contributed by atoms with Crippen LogP contribution in [0.2, 0.25) is 0 Å². The minimum atomic E-state index is -0.512. The van der Waals surface area contributed by atoms with Gasteiger partial charge in [-0.25, -0.2) is 9.37 Å². The zero-order valence-corrected chi connectivity index (χ0v) is 14.0. The number of rotatable bonds is 5. The lowest BCUT2D eigenvalue weighted by Crippen LogP contribution is -2.33. The average Bonchev–Trinajstić information content (AvgIpc) is 2.62. The highest BCUT2D eigenvalue weighted by atomic mass is 19.1. The molecule has 1 fully saturated rings. The summed E-state index contributed by atoms with van der Waals surface area (Å²) < 4.78 is 19.7. The van der Waals surface area contributed by atoms with Gasteiger partial charge in [0.25, 0.3) is 0 Å². The van der Waals surface area contributed by atoms with E-state index in [2.05, 4.69) is 22.0 Å². The lowest BCUT2D eigenvalue weighted by Gasteiger charge is -2.27. The number of pyridine rings is 1. The number of carbonyl (C=O) groups is 1. The molecule has 1 aromatic heterocycles. The third-order valence-corrected chi connectivity index (χ3v) is 3.73. The smallest absolute Gasteiger partial charge is 0.170 e. The van der Waals surface area contributed by atoms with Crippen LogP contribution in [0, 0.1) is 18.2 Å². The molecule has 0 spiro atoms. The summed E-state index contributed by atoms with van der Waals surface area (Å²) in [5, 5.41) is 3.02. The van der Waals surface area contributed by atoms with Crippen molar-refractivity contribution in [2.45, 2.75) is 12.5 Å². The molecule has 3 N–H and O–H groups in total. The third kappa shape index (κ3) is 4.41. The van der Waals surface area contributed by atoms with E-state index >= 15 is 0 Å². The molecule has 0 amide bonds. The maximum atomic E-state index is 14.4. The van der Waals surface area contributed by atoms with Crippen molar-refractivity contribution in [3.8, 4) is 23.6 Å². The van der Waals surface area contributed by atoms with Gasteiger partial charge < -0.3 is 15.8 Å². The van der Waals surface area contributed by atoms with Crippen molar-refractivity contribution in [1.82, 2.24) is 4.98 Å². The minimum Gasteiger partial charge on any atom is -0.381 e. The number of terminal acetylenes is 1. The number of halogens is 1. The number of carbonyl (C=O) groups excluding carboxylic acids is 1. The summed E-state index contributed by atoms with van der Waals surface area (Å²) in [6.45, 7) is 1.26. The van der Waals surface area contributed by atoms with Crippen LogP contribution in [0.1, 0.15) is 22.5 Å². The number of hydrogen-bond acceptors (Lipinski definition) is 5. The first kappa shape index (κ1) is 18.6. The second-order valence-corrected chi connectivity index (χ2v) is 5.26. The van der Waals surface area contributed by atoms with Crippen LogP contribution in [0.4, 0.5) is 10.1 Å². The van der Waals surface area contributed by atoms with Crippen LogP contribution in [0.25, 0.3) is 11.3 Å². The monoisotopic (exact) mass is 341 g/mol. The van der Waals surface area contributed by atoms with Crippen LogP contribution in [-0.4, -0.2) is 37.6 Å². The van der Waals surface area contributed by atoms with Crippen molar-refractivity contribution in [2.75, 3.05) is 25.5 Å². The predicted molar refractivity (Wildman–Crippen MR) is 95.9 cm³/mol. The normalized spacial score (nSPS) is 15.2. The Morgan fingerprint density at radius 2 is 2.24 bits per heavy atom. The number of aldehydes is 1. The molecular formula is C19H20FN3O2.